The van der Waals surface area contributed by atoms with Crippen LogP contribution in [0.25, 0.3) is 16.2 Å². The second-order valence-electron chi connectivity index (χ2n) is 7.57. The van der Waals surface area contributed by atoms with Crippen molar-refractivity contribution in [1.82, 2.24) is 24.5 Å². The van der Waals surface area contributed by atoms with Gasteiger partial charge in [0, 0.05) is 40.5 Å². The van der Waals surface area contributed by atoms with E-state index in [2.05, 4.69) is 15.4 Å². The van der Waals surface area contributed by atoms with Crippen LogP contribution in [0.4, 0.5) is 0 Å². The van der Waals surface area contributed by atoms with E-state index in [9.17, 15) is 9.59 Å². The first-order valence-corrected chi connectivity index (χ1v) is 11.4. The highest BCUT2D eigenvalue weighted by Crippen LogP contribution is 2.25. The highest BCUT2D eigenvalue weighted by atomic mass is 35.5. The summed E-state index contributed by atoms with van der Waals surface area (Å²) >= 11 is 7.46. The first-order valence-electron chi connectivity index (χ1n) is 10.1. The Morgan fingerprint density at radius 1 is 1.23 bits per heavy atom. The van der Waals surface area contributed by atoms with E-state index in [1.165, 1.54) is 16.0 Å². The molecule has 1 aromatic carbocycles. The summed E-state index contributed by atoms with van der Waals surface area (Å²) in [6.45, 7) is 0.723. The smallest absolute Gasteiger partial charge is 0.267 e. The van der Waals surface area contributed by atoms with Crippen molar-refractivity contribution in [2.75, 3.05) is 6.54 Å². The second-order valence-corrected chi connectivity index (χ2v) is 8.84. The molecule has 3 heterocycles. The first kappa shape index (κ1) is 20.0. The Morgan fingerprint density at radius 3 is 2.90 bits per heavy atom. The average molecular weight is 454 g/mol. The van der Waals surface area contributed by atoms with E-state index in [1.54, 1.807) is 6.07 Å². The number of fused-ring (bicyclic) bond motifs is 2. The van der Waals surface area contributed by atoms with Crippen LogP contribution in [0.1, 0.15) is 23.4 Å². The van der Waals surface area contributed by atoms with Crippen LogP contribution < -0.4 is 10.9 Å². The van der Waals surface area contributed by atoms with Gasteiger partial charge < -0.3 is 5.32 Å². The fourth-order valence-corrected chi connectivity index (χ4v) is 4.84. The Labute approximate surface area is 187 Å². The molecular weight excluding hydrogens is 434 g/mol. The van der Waals surface area contributed by atoms with Crippen molar-refractivity contribution in [2.24, 2.45) is 0 Å². The molecule has 158 valence electrons. The number of aryl methyl sites for hydroxylation is 2. The fourth-order valence-electron chi connectivity index (χ4n) is 3.84. The molecule has 1 aliphatic rings. The van der Waals surface area contributed by atoms with Crippen LogP contribution in [0.2, 0.25) is 5.02 Å². The molecule has 9 heteroatoms. The summed E-state index contributed by atoms with van der Waals surface area (Å²) in [6, 6.07) is 9.20. The Morgan fingerprint density at radius 2 is 2.06 bits per heavy atom. The van der Waals surface area contributed by atoms with E-state index in [-0.39, 0.29) is 17.9 Å². The van der Waals surface area contributed by atoms with E-state index in [0.29, 0.717) is 18.1 Å². The van der Waals surface area contributed by atoms with Crippen molar-refractivity contribution in [2.45, 2.75) is 32.2 Å². The third-order valence-electron chi connectivity index (χ3n) is 5.43. The number of benzene rings is 1. The molecule has 0 saturated heterocycles. The Hall–Kier alpha value is -2.97. The van der Waals surface area contributed by atoms with E-state index in [0.717, 1.165) is 52.4 Å². The Bertz CT molecular complexity index is 1320. The number of imidazole rings is 1. The maximum atomic E-state index is 12.5. The Balaban J connectivity index is 1.22. The molecule has 31 heavy (non-hydrogen) atoms. The minimum absolute atomic E-state index is 0.101. The first-order chi connectivity index (χ1) is 15.1. The van der Waals surface area contributed by atoms with Gasteiger partial charge in [-0.2, -0.15) is 5.10 Å². The largest absolute Gasteiger partial charge is 0.354 e. The van der Waals surface area contributed by atoms with Crippen LogP contribution in [0, 0.1) is 0 Å². The molecule has 0 bridgehead atoms. The number of carbonyl (C=O) groups is 1. The summed E-state index contributed by atoms with van der Waals surface area (Å²) in [7, 11) is 0. The molecular formula is C22H20ClN5O2S. The zero-order valence-electron chi connectivity index (χ0n) is 16.7. The van der Waals surface area contributed by atoms with Gasteiger partial charge in [0.2, 0.25) is 5.91 Å². The van der Waals surface area contributed by atoms with Crippen LogP contribution in [-0.2, 0) is 30.6 Å². The number of halogens is 1. The van der Waals surface area contributed by atoms with Gasteiger partial charge in [-0.3, -0.25) is 14.0 Å². The van der Waals surface area contributed by atoms with Crippen LogP contribution >= 0.6 is 22.9 Å². The second kappa shape index (κ2) is 8.28. The quantitative estimate of drug-likeness (QED) is 0.486. The molecule has 1 aliphatic carbocycles. The van der Waals surface area contributed by atoms with Crippen molar-refractivity contribution < 1.29 is 4.79 Å². The summed E-state index contributed by atoms with van der Waals surface area (Å²) in [5.74, 6) is -0.101. The summed E-state index contributed by atoms with van der Waals surface area (Å²) in [5.41, 5.74) is 4.64. The van der Waals surface area contributed by atoms with Crippen molar-refractivity contribution in [1.29, 1.82) is 0 Å². The monoisotopic (exact) mass is 453 g/mol. The van der Waals surface area contributed by atoms with Gasteiger partial charge in [0.1, 0.15) is 0 Å². The Kier molecular flexibility index (Phi) is 5.33. The molecule has 0 spiro atoms. The van der Waals surface area contributed by atoms with Gasteiger partial charge in [0.25, 0.3) is 5.56 Å². The number of nitrogens with zero attached hydrogens (tertiary/aromatic N) is 4. The van der Waals surface area contributed by atoms with Gasteiger partial charge in [-0.1, -0.05) is 23.7 Å². The standard InChI is InChI=1S/C22H20ClN5O2S/c23-16-6-4-14(5-7-16)19-12-27-17(13-31-22(27)25-19)11-20(29)24-8-9-28-21(30)10-15-2-1-3-18(15)26-28/h4-7,10,12-13H,1-3,8-9,11H2,(H,24,29). The molecule has 0 radical (unpaired) electrons. The maximum Gasteiger partial charge on any atom is 0.267 e. The minimum Gasteiger partial charge on any atom is -0.354 e. The molecule has 0 atom stereocenters. The van der Waals surface area contributed by atoms with Crippen LogP contribution in [0.3, 0.4) is 0 Å². The lowest BCUT2D eigenvalue weighted by molar-refractivity contribution is -0.120. The number of hydrogen-bond donors (Lipinski definition) is 1. The zero-order chi connectivity index (χ0) is 21.4. The van der Waals surface area contributed by atoms with Crippen molar-refractivity contribution in [3.8, 4) is 11.3 Å². The van der Waals surface area contributed by atoms with E-state index >= 15 is 0 Å². The van der Waals surface area contributed by atoms with Gasteiger partial charge >= 0.3 is 0 Å². The molecule has 4 aromatic rings. The lowest BCUT2D eigenvalue weighted by atomic mass is 10.2. The highest BCUT2D eigenvalue weighted by molar-refractivity contribution is 7.15. The third-order valence-corrected chi connectivity index (χ3v) is 6.58. The fraction of sp³-hybridized carbons (Fsp3) is 0.273. The van der Waals surface area contributed by atoms with E-state index in [1.807, 2.05) is 40.2 Å². The maximum absolute atomic E-state index is 12.5. The lowest BCUT2D eigenvalue weighted by Crippen LogP contribution is -2.33. The highest BCUT2D eigenvalue weighted by Gasteiger charge is 2.15. The molecule has 1 N–H and O–H groups in total. The number of amides is 1. The summed E-state index contributed by atoms with van der Waals surface area (Å²) < 4.78 is 3.39. The van der Waals surface area contributed by atoms with Crippen LogP contribution in [-0.4, -0.2) is 31.6 Å². The molecule has 0 aliphatic heterocycles. The third kappa shape index (κ3) is 4.13. The van der Waals surface area contributed by atoms with Crippen LogP contribution in [0.5, 0.6) is 0 Å². The molecule has 0 saturated carbocycles. The number of rotatable bonds is 6. The summed E-state index contributed by atoms with van der Waals surface area (Å²) in [5, 5.41) is 9.95. The molecule has 5 rings (SSSR count). The molecule has 0 fully saturated rings. The van der Waals surface area contributed by atoms with Gasteiger partial charge in [0.05, 0.1) is 24.4 Å². The van der Waals surface area contributed by atoms with Gasteiger partial charge in [0.15, 0.2) is 4.96 Å². The predicted molar refractivity (Wildman–Crippen MR) is 121 cm³/mol. The molecule has 3 aromatic heterocycles. The summed E-state index contributed by atoms with van der Waals surface area (Å²) in [6.07, 6.45) is 5.07. The predicted octanol–water partition coefficient (Wildman–Crippen LogP) is 3.12. The summed E-state index contributed by atoms with van der Waals surface area (Å²) in [4.78, 5) is 30.1. The lowest BCUT2D eigenvalue weighted by Gasteiger charge is -2.08. The van der Waals surface area contributed by atoms with Gasteiger partial charge in [-0.15, -0.1) is 11.3 Å². The van der Waals surface area contributed by atoms with Crippen LogP contribution in [0.15, 0.2) is 46.7 Å². The van der Waals surface area contributed by atoms with E-state index in [4.69, 9.17) is 11.6 Å². The number of carbonyl (C=O) groups excluding carboxylic acids is 1. The SMILES string of the molecule is O=C(Cc1csc2nc(-c3ccc(Cl)cc3)cn12)NCCn1nc2c(cc1=O)CCC2. The number of thiazole rings is 1. The number of aromatic nitrogens is 4. The molecule has 7 nitrogen and oxygen atoms in total. The normalized spacial score (nSPS) is 12.9. The van der Waals surface area contributed by atoms with Gasteiger partial charge in [-0.05, 0) is 37.0 Å². The number of hydrogen-bond acceptors (Lipinski definition) is 5. The zero-order valence-corrected chi connectivity index (χ0v) is 18.2. The van der Waals surface area contributed by atoms with Crippen molar-refractivity contribution in [3.63, 3.8) is 0 Å². The minimum atomic E-state index is -0.109. The molecule has 0 unspecified atom stereocenters. The topological polar surface area (TPSA) is 81.3 Å². The van der Waals surface area contributed by atoms with E-state index < -0.39 is 0 Å². The molecule has 1 amide bonds. The van der Waals surface area contributed by atoms with Crippen molar-refractivity contribution in [3.05, 3.63) is 74.2 Å². The average Bonchev–Trinajstić information content (AvgIpc) is 3.46. The van der Waals surface area contributed by atoms with Crippen molar-refractivity contribution >= 4 is 33.8 Å². The van der Waals surface area contributed by atoms with Gasteiger partial charge in [-0.25, -0.2) is 9.67 Å². The number of nitrogens with one attached hydrogen (secondary N) is 1.